The molecule has 1 saturated heterocycles. The van der Waals surface area contributed by atoms with Crippen LogP contribution >= 0.6 is 0 Å². The quantitative estimate of drug-likeness (QED) is 0.475. The lowest BCUT2D eigenvalue weighted by atomic mass is 10.0. The number of nitrogens with one attached hydrogen (secondary N) is 1. The third kappa shape index (κ3) is 0.347. The summed E-state index contributed by atoms with van der Waals surface area (Å²) in [6.45, 7) is 0. The van der Waals surface area contributed by atoms with Gasteiger partial charge in [-0.2, -0.15) is 0 Å². The Labute approximate surface area is 58.0 Å². The van der Waals surface area contributed by atoms with Gasteiger partial charge < -0.3 is 10.1 Å². The average Bonchev–Trinajstić information content (AvgIpc) is 2.44. The number of carbonyl (C=O) groups excluding carboxylic acids is 1. The van der Waals surface area contributed by atoms with E-state index in [1.165, 1.54) is 0 Å². The highest BCUT2D eigenvalue weighted by molar-refractivity contribution is 5.93. The molecule has 2 atom stereocenters. The first-order valence-electron chi connectivity index (χ1n) is 3.55. The van der Waals surface area contributed by atoms with Gasteiger partial charge in [0.2, 0.25) is 0 Å². The minimum atomic E-state index is -0.0903. The lowest BCUT2D eigenvalue weighted by Crippen LogP contribution is -2.13. The van der Waals surface area contributed by atoms with Crippen molar-refractivity contribution in [2.24, 2.45) is 0 Å². The van der Waals surface area contributed by atoms with Gasteiger partial charge in [0.15, 0.2) is 0 Å². The minimum Gasteiger partial charge on any atom is -0.452 e. The summed E-state index contributed by atoms with van der Waals surface area (Å²) in [5.74, 6) is -0.0903. The number of carbonyl (C=O) groups is 1. The molecule has 3 aliphatic heterocycles. The van der Waals surface area contributed by atoms with Gasteiger partial charge >= 0.3 is 5.97 Å². The van der Waals surface area contributed by atoms with Crippen molar-refractivity contribution in [1.29, 1.82) is 0 Å². The summed E-state index contributed by atoms with van der Waals surface area (Å²) >= 11 is 0. The van der Waals surface area contributed by atoms with E-state index in [2.05, 4.69) is 5.32 Å². The highest BCUT2D eigenvalue weighted by Gasteiger charge is 2.47. The fourth-order valence-electron chi connectivity index (χ4n) is 2.02. The zero-order valence-corrected chi connectivity index (χ0v) is 5.39. The number of rotatable bonds is 0. The van der Waals surface area contributed by atoms with Crippen molar-refractivity contribution < 1.29 is 9.53 Å². The molecular formula is C7H7NO2. The number of fused-ring (bicyclic) bond motifs is 1. The van der Waals surface area contributed by atoms with Gasteiger partial charge in [-0.3, -0.25) is 0 Å². The highest BCUT2D eigenvalue weighted by atomic mass is 16.6. The Morgan fingerprint density at radius 2 is 2.50 bits per heavy atom. The van der Waals surface area contributed by atoms with Crippen molar-refractivity contribution in [2.45, 2.75) is 25.0 Å². The van der Waals surface area contributed by atoms with Gasteiger partial charge in [-0.05, 0) is 0 Å². The van der Waals surface area contributed by atoms with Gasteiger partial charge in [0.1, 0.15) is 6.10 Å². The first-order chi connectivity index (χ1) is 4.84. The van der Waals surface area contributed by atoms with Crippen LogP contribution in [0.3, 0.4) is 0 Å². The van der Waals surface area contributed by atoms with E-state index in [1.54, 1.807) is 0 Å². The molecule has 3 aliphatic rings. The second kappa shape index (κ2) is 1.21. The highest BCUT2D eigenvalue weighted by Crippen LogP contribution is 2.40. The Bertz CT molecular complexity index is 256. The molecular weight excluding hydrogens is 130 g/mol. The predicted molar refractivity (Wildman–Crippen MR) is 33.1 cm³/mol. The Hall–Kier alpha value is -0.990. The van der Waals surface area contributed by atoms with Gasteiger partial charge in [0, 0.05) is 18.9 Å². The van der Waals surface area contributed by atoms with E-state index in [1.807, 2.05) is 0 Å². The molecule has 2 unspecified atom stereocenters. The first-order valence-corrected chi connectivity index (χ1v) is 3.55. The summed E-state index contributed by atoms with van der Waals surface area (Å²) in [5.41, 5.74) is 1.98. The third-order valence-corrected chi connectivity index (χ3v) is 2.45. The lowest BCUT2D eigenvalue weighted by molar-refractivity contribution is -0.139. The van der Waals surface area contributed by atoms with Crippen LogP contribution in [0.4, 0.5) is 0 Å². The van der Waals surface area contributed by atoms with Crippen LogP contribution < -0.4 is 5.32 Å². The summed E-state index contributed by atoms with van der Waals surface area (Å²) in [6, 6.07) is 0.501. The van der Waals surface area contributed by atoms with Crippen LogP contribution in [0.2, 0.25) is 0 Å². The summed E-state index contributed by atoms with van der Waals surface area (Å²) in [6.07, 6.45) is 1.98. The van der Waals surface area contributed by atoms with Gasteiger partial charge in [-0.15, -0.1) is 0 Å². The maximum atomic E-state index is 11.0. The van der Waals surface area contributed by atoms with E-state index in [-0.39, 0.29) is 12.1 Å². The van der Waals surface area contributed by atoms with Gasteiger partial charge in [-0.25, -0.2) is 4.79 Å². The molecule has 1 fully saturated rings. The van der Waals surface area contributed by atoms with Crippen LogP contribution in [0.5, 0.6) is 0 Å². The SMILES string of the molecule is O=C1OC2CC3CC1=C2N3. The van der Waals surface area contributed by atoms with Crippen LogP contribution in [-0.4, -0.2) is 18.1 Å². The van der Waals surface area contributed by atoms with E-state index in [4.69, 9.17) is 4.74 Å². The number of hydrogen-bond acceptors (Lipinski definition) is 3. The average molecular weight is 137 g/mol. The van der Waals surface area contributed by atoms with Crippen molar-refractivity contribution in [2.75, 3.05) is 0 Å². The van der Waals surface area contributed by atoms with Crippen LogP contribution in [0.1, 0.15) is 12.8 Å². The summed E-state index contributed by atoms with van der Waals surface area (Å²) < 4.78 is 5.06. The zero-order chi connectivity index (χ0) is 6.72. The molecule has 0 aromatic carbocycles. The molecule has 3 heterocycles. The van der Waals surface area contributed by atoms with Gasteiger partial charge in [-0.1, -0.05) is 0 Å². The van der Waals surface area contributed by atoms with Crippen LogP contribution in [0.15, 0.2) is 11.3 Å². The molecule has 0 spiro atoms. The Morgan fingerprint density at radius 3 is 3.10 bits per heavy atom. The van der Waals surface area contributed by atoms with E-state index >= 15 is 0 Å². The Kier molecular flexibility index (Phi) is 0.579. The smallest absolute Gasteiger partial charge is 0.336 e. The molecule has 3 heteroatoms. The van der Waals surface area contributed by atoms with E-state index in [0.29, 0.717) is 6.04 Å². The standard InChI is InChI=1S/C7H7NO2/c9-7-4-1-3-2-5(10-7)6(4)8-3/h3,5,8H,1-2H2. The second-order valence-corrected chi connectivity index (χ2v) is 3.07. The molecule has 0 aromatic rings. The molecule has 0 saturated carbocycles. The topological polar surface area (TPSA) is 38.3 Å². The summed E-state index contributed by atoms with van der Waals surface area (Å²) in [4.78, 5) is 11.0. The van der Waals surface area contributed by atoms with E-state index < -0.39 is 0 Å². The fraction of sp³-hybridized carbons (Fsp3) is 0.571. The predicted octanol–water partition coefficient (Wildman–Crippen LogP) is -0.0685. The van der Waals surface area contributed by atoms with E-state index in [0.717, 1.165) is 24.1 Å². The van der Waals surface area contributed by atoms with Crippen LogP contribution in [0.25, 0.3) is 0 Å². The Balaban J connectivity index is 2.20. The second-order valence-electron chi connectivity index (χ2n) is 3.07. The molecule has 0 radical (unpaired) electrons. The number of hydrogen-bond donors (Lipinski definition) is 1. The maximum absolute atomic E-state index is 11.0. The summed E-state index contributed by atoms with van der Waals surface area (Å²) in [7, 11) is 0. The third-order valence-electron chi connectivity index (χ3n) is 2.45. The van der Waals surface area contributed by atoms with Crippen molar-refractivity contribution >= 4 is 5.97 Å². The minimum absolute atomic E-state index is 0.0903. The van der Waals surface area contributed by atoms with Gasteiger partial charge in [0.05, 0.1) is 11.3 Å². The number of ether oxygens (including phenoxy) is 1. The molecule has 0 aliphatic carbocycles. The summed E-state index contributed by atoms with van der Waals surface area (Å²) in [5, 5.41) is 3.25. The van der Waals surface area contributed by atoms with Crippen molar-refractivity contribution in [3.63, 3.8) is 0 Å². The molecule has 0 amide bonds. The molecule has 0 aromatic heterocycles. The molecule has 3 nitrogen and oxygen atoms in total. The fourth-order valence-corrected chi connectivity index (χ4v) is 2.02. The lowest BCUT2D eigenvalue weighted by Gasteiger charge is -2.02. The molecule has 10 heavy (non-hydrogen) atoms. The van der Waals surface area contributed by atoms with Crippen LogP contribution in [-0.2, 0) is 9.53 Å². The largest absolute Gasteiger partial charge is 0.452 e. The zero-order valence-electron chi connectivity index (χ0n) is 5.39. The maximum Gasteiger partial charge on any atom is 0.336 e. The molecule has 2 bridgehead atoms. The van der Waals surface area contributed by atoms with Crippen LogP contribution in [0, 0.1) is 0 Å². The van der Waals surface area contributed by atoms with Gasteiger partial charge in [0.25, 0.3) is 0 Å². The van der Waals surface area contributed by atoms with Crippen molar-refractivity contribution in [3.05, 3.63) is 11.3 Å². The van der Waals surface area contributed by atoms with Crippen molar-refractivity contribution in [3.8, 4) is 0 Å². The first kappa shape index (κ1) is 4.77. The Morgan fingerprint density at radius 1 is 1.60 bits per heavy atom. The monoisotopic (exact) mass is 137 g/mol. The number of esters is 1. The molecule has 52 valence electrons. The van der Waals surface area contributed by atoms with E-state index in [9.17, 15) is 4.79 Å². The normalized spacial score (nSPS) is 40.6. The van der Waals surface area contributed by atoms with Crippen molar-refractivity contribution in [1.82, 2.24) is 5.32 Å². The molecule has 3 rings (SSSR count). The molecule has 1 N–H and O–H groups in total.